The Morgan fingerprint density at radius 1 is 1.57 bits per heavy atom. The molecule has 0 aliphatic rings. The Balaban J connectivity index is 2.47. The van der Waals surface area contributed by atoms with Crippen LogP contribution < -0.4 is 0 Å². The lowest BCUT2D eigenvalue weighted by molar-refractivity contribution is 0.994. The summed E-state index contributed by atoms with van der Waals surface area (Å²) >= 11 is 0. The number of rotatable bonds is 4. The van der Waals surface area contributed by atoms with E-state index >= 15 is 0 Å². The van der Waals surface area contributed by atoms with Crippen molar-refractivity contribution in [2.45, 2.75) is 13.3 Å². The van der Waals surface area contributed by atoms with Gasteiger partial charge in [0.15, 0.2) is 0 Å². The van der Waals surface area contributed by atoms with Gasteiger partial charge in [-0.15, -0.1) is 0 Å². The predicted octanol–water partition coefficient (Wildman–Crippen LogP) is 2.50. The van der Waals surface area contributed by atoms with E-state index in [-0.39, 0.29) is 0 Å². The molecule has 1 aromatic heterocycles. The molecule has 1 rings (SSSR count). The van der Waals surface area contributed by atoms with Gasteiger partial charge in [-0.3, -0.25) is 9.97 Å². The van der Waals surface area contributed by atoms with Crippen molar-refractivity contribution >= 4 is 6.08 Å². The Hall–Kier alpha value is -1.87. The molecule has 0 fully saturated rings. The van der Waals surface area contributed by atoms with E-state index in [4.69, 9.17) is 5.53 Å². The van der Waals surface area contributed by atoms with Crippen molar-refractivity contribution in [2.75, 3.05) is 6.54 Å². The van der Waals surface area contributed by atoms with E-state index in [1.807, 2.05) is 19.1 Å². The summed E-state index contributed by atoms with van der Waals surface area (Å²) in [4.78, 5) is 10.9. The topological polar surface area (TPSA) is 74.5 Å². The van der Waals surface area contributed by atoms with Gasteiger partial charge in [-0.05, 0) is 25.0 Å². The Morgan fingerprint density at radius 3 is 3.14 bits per heavy atom. The molecule has 0 aliphatic heterocycles. The maximum atomic E-state index is 8.03. The molecular weight excluding hydrogens is 178 g/mol. The summed E-state index contributed by atoms with van der Waals surface area (Å²) in [6.07, 6.45) is 7.90. The van der Waals surface area contributed by atoms with Crippen LogP contribution in [0.2, 0.25) is 0 Å². The molecule has 0 radical (unpaired) electrons. The summed E-state index contributed by atoms with van der Waals surface area (Å²) in [5.41, 5.74) is 9.75. The zero-order valence-electron chi connectivity index (χ0n) is 7.96. The van der Waals surface area contributed by atoms with Crippen molar-refractivity contribution in [2.24, 2.45) is 5.11 Å². The van der Waals surface area contributed by atoms with Gasteiger partial charge in [-0.2, -0.15) is 0 Å². The van der Waals surface area contributed by atoms with Crippen LogP contribution in [0, 0.1) is 6.92 Å². The van der Waals surface area contributed by atoms with Gasteiger partial charge < -0.3 is 0 Å². The monoisotopic (exact) mass is 189 g/mol. The lowest BCUT2D eigenvalue weighted by Crippen LogP contribution is -1.86. The summed E-state index contributed by atoms with van der Waals surface area (Å²) in [6, 6.07) is 0. The van der Waals surface area contributed by atoms with Crippen molar-refractivity contribution in [3.05, 3.63) is 40.3 Å². The van der Waals surface area contributed by atoms with E-state index in [0.717, 1.165) is 17.8 Å². The first kappa shape index (κ1) is 10.2. The standard InChI is InChI=1S/C9H11N5/c1-8-6-11-7-9(13-8)4-2-3-5-12-14-10/h2,4,6-7H,3,5H2,1H3. The summed E-state index contributed by atoms with van der Waals surface area (Å²) < 4.78 is 0. The summed E-state index contributed by atoms with van der Waals surface area (Å²) in [6.45, 7) is 2.37. The fraction of sp³-hybridized carbons (Fsp3) is 0.333. The smallest absolute Gasteiger partial charge is 0.0812 e. The Kier molecular flexibility index (Phi) is 4.17. The van der Waals surface area contributed by atoms with Crippen molar-refractivity contribution in [3.8, 4) is 0 Å². The van der Waals surface area contributed by atoms with Gasteiger partial charge in [0.05, 0.1) is 17.6 Å². The number of aryl methyl sites for hydroxylation is 1. The molecule has 0 N–H and O–H groups in total. The number of hydrogen-bond donors (Lipinski definition) is 0. The third-order valence-corrected chi connectivity index (χ3v) is 1.52. The Morgan fingerprint density at radius 2 is 2.43 bits per heavy atom. The highest BCUT2D eigenvalue weighted by Crippen LogP contribution is 1.98. The number of hydrogen-bond acceptors (Lipinski definition) is 3. The average molecular weight is 189 g/mol. The molecule has 0 aromatic carbocycles. The van der Waals surface area contributed by atoms with Crippen molar-refractivity contribution in [1.29, 1.82) is 0 Å². The molecule has 0 aliphatic carbocycles. The third kappa shape index (κ3) is 3.69. The highest BCUT2D eigenvalue weighted by molar-refractivity contribution is 5.42. The maximum absolute atomic E-state index is 8.03. The average Bonchev–Trinajstić information content (AvgIpc) is 2.18. The van der Waals surface area contributed by atoms with Crippen LogP contribution in [0.15, 0.2) is 23.6 Å². The van der Waals surface area contributed by atoms with Gasteiger partial charge in [0.25, 0.3) is 0 Å². The van der Waals surface area contributed by atoms with Crippen LogP contribution in [0.25, 0.3) is 16.5 Å². The fourth-order valence-electron chi connectivity index (χ4n) is 0.944. The molecule has 0 bridgehead atoms. The van der Waals surface area contributed by atoms with Crippen LogP contribution in [0.4, 0.5) is 0 Å². The maximum Gasteiger partial charge on any atom is 0.0812 e. The van der Waals surface area contributed by atoms with Crippen LogP contribution in [0.1, 0.15) is 17.8 Å². The normalized spacial score (nSPS) is 10.1. The number of aromatic nitrogens is 2. The van der Waals surface area contributed by atoms with Crippen LogP contribution in [0.5, 0.6) is 0 Å². The van der Waals surface area contributed by atoms with Gasteiger partial charge >= 0.3 is 0 Å². The number of azide groups is 1. The molecule has 0 saturated heterocycles. The van der Waals surface area contributed by atoms with Gasteiger partial charge in [0.2, 0.25) is 0 Å². The molecule has 0 unspecified atom stereocenters. The van der Waals surface area contributed by atoms with E-state index < -0.39 is 0 Å². The molecule has 72 valence electrons. The molecule has 5 nitrogen and oxygen atoms in total. The van der Waals surface area contributed by atoms with Crippen LogP contribution in [-0.4, -0.2) is 16.5 Å². The van der Waals surface area contributed by atoms with Crippen molar-refractivity contribution < 1.29 is 0 Å². The number of nitrogens with zero attached hydrogens (tertiary/aromatic N) is 5. The van der Waals surface area contributed by atoms with E-state index in [1.165, 1.54) is 0 Å². The van der Waals surface area contributed by atoms with E-state index in [2.05, 4.69) is 20.0 Å². The third-order valence-electron chi connectivity index (χ3n) is 1.52. The second-order valence-electron chi connectivity index (χ2n) is 2.73. The fourth-order valence-corrected chi connectivity index (χ4v) is 0.944. The van der Waals surface area contributed by atoms with E-state index in [1.54, 1.807) is 12.4 Å². The van der Waals surface area contributed by atoms with Gasteiger partial charge in [0, 0.05) is 17.7 Å². The minimum atomic E-state index is 0.478. The molecule has 0 atom stereocenters. The molecular formula is C9H11N5. The lowest BCUT2D eigenvalue weighted by atomic mass is 10.3. The van der Waals surface area contributed by atoms with E-state index in [9.17, 15) is 0 Å². The lowest BCUT2D eigenvalue weighted by Gasteiger charge is -1.93. The molecule has 1 aromatic rings. The van der Waals surface area contributed by atoms with Crippen molar-refractivity contribution in [1.82, 2.24) is 9.97 Å². The van der Waals surface area contributed by atoms with E-state index in [0.29, 0.717) is 6.54 Å². The minimum Gasteiger partial charge on any atom is -0.261 e. The largest absolute Gasteiger partial charge is 0.261 e. The SMILES string of the molecule is Cc1cncc(C=CCCN=[N+]=[N-])n1. The first-order valence-corrected chi connectivity index (χ1v) is 4.29. The Bertz CT molecular complexity index is 365. The molecule has 1 heterocycles. The zero-order valence-corrected chi connectivity index (χ0v) is 7.96. The molecule has 0 amide bonds. The molecule has 0 saturated carbocycles. The van der Waals surface area contributed by atoms with Gasteiger partial charge in [0.1, 0.15) is 0 Å². The second kappa shape index (κ2) is 5.72. The first-order valence-electron chi connectivity index (χ1n) is 4.29. The second-order valence-corrected chi connectivity index (χ2v) is 2.73. The zero-order chi connectivity index (χ0) is 10.2. The van der Waals surface area contributed by atoms with Crippen molar-refractivity contribution in [3.63, 3.8) is 0 Å². The first-order chi connectivity index (χ1) is 6.83. The van der Waals surface area contributed by atoms with Gasteiger partial charge in [-0.1, -0.05) is 11.2 Å². The summed E-state index contributed by atoms with van der Waals surface area (Å²) in [7, 11) is 0. The predicted molar refractivity (Wildman–Crippen MR) is 54.4 cm³/mol. The highest BCUT2D eigenvalue weighted by atomic mass is 15.1. The quantitative estimate of drug-likeness (QED) is 0.316. The van der Waals surface area contributed by atoms with Crippen LogP contribution in [-0.2, 0) is 0 Å². The highest BCUT2D eigenvalue weighted by Gasteiger charge is 1.88. The molecule has 14 heavy (non-hydrogen) atoms. The Labute approximate surface area is 82.1 Å². The van der Waals surface area contributed by atoms with Crippen LogP contribution >= 0.6 is 0 Å². The van der Waals surface area contributed by atoms with Gasteiger partial charge in [-0.25, -0.2) is 0 Å². The minimum absolute atomic E-state index is 0.478. The summed E-state index contributed by atoms with van der Waals surface area (Å²) in [5.74, 6) is 0. The molecule has 0 spiro atoms. The van der Waals surface area contributed by atoms with Crippen LogP contribution in [0.3, 0.4) is 0 Å². The summed E-state index contributed by atoms with van der Waals surface area (Å²) in [5, 5.41) is 3.41. The molecule has 5 heteroatoms.